The molecule has 0 fully saturated rings. The summed E-state index contributed by atoms with van der Waals surface area (Å²) in [7, 11) is 1.51. The highest BCUT2D eigenvalue weighted by Gasteiger charge is 2.09. The van der Waals surface area contributed by atoms with Gasteiger partial charge >= 0.3 is 0 Å². The first-order valence-electron chi connectivity index (χ1n) is 5.40. The molecule has 88 valence electrons. The number of aromatic amines is 1. The van der Waals surface area contributed by atoms with Crippen LogP contribution in [0.25, 0.3) is 10.9 Å². The van der Waals surface area contributed by atoms with Crippen molar-refractivity contribution >= 4 is 16.7 Å². The molecule has 0 amide bonds. The van der Waals surface area contributed by atoms with E-state index in [4.69, 9.17) is 4.74 Å². The lowest BCUT2D eigenvalue weighted by Gasteiger charge is -2.07. The molecule has 0 aliphatic rings. The van der Waals surface area contributed by atoms with Gasteiger partial charge in [0, 0.05) is 23.4 Å². The standard InChI is InChI=1S/C13H13NO3/c1-3-10(15)9-6-8-4-5-12(16)14-13(8)11(7-9)17-2/h4-7H,3H2,1-2H3,(H,14,16). The zero-order chi connectivity index (χ0) is 12.4. The van der Waals surface area contributed by atoms with E-state index in [0.717, 1.165) is 5.39 Å². The summed E-state index contributed by atoms with van der Waals surface area (Å²) in [5.74, 6) is 0.563. The molecular weight excluding hydrogens is 218 g/mol. The first kappa shape index (κ1) is 11.4. The minimum atomic E-state index is -0.189. The maximum absolute atomic E-state index is 11.7. The minimum absolute atomic E-state index is 0.0522. The SMILES string of the molecule is CCC(=O)c1cc(OC)c2[nH]c(=O)ccc2c1. The lowest BCUT2D eigenvalue weighted by molar-refractivity contribution is 0.0988. The number of methoxy groups -OCH3 is 1. The van der Waals surface area contributed by atoms with Gasteiger partial charge in [0.2, 0.25) is 5.56 Å². The van der Waals surface area contributed by atoms with Crippen molar-refractivity contribution in [3.8, 4) is 5.75 Å². The van der Waals surface area contributed by atoms with Gasteiger partial charge in [-0.1, -0.05) is 6.92 Å². The Balaban J connectivity index is 2.74. The summed E-state index contributed by atoms with van der Waals surface area (Å²) in [4.78, 5) is 25.6. The van der Waals surface area contributed by atoms with Crippen molar-refractivity contribution < 1.29 is 9.53 Å². The smallest absolute Gasteiger partial charge is 0.248 e. The number of fused-ring (bicyclic) bond motifs is 1. The van der Waals surface area contributed by atoms with E-state index in [9.17, 15) is 9.59 Å². The summed E-state index contributed by atoms with van der Waals surface area (Å²) in [5.41, 5.74) is 1.03. The molecule has 0 spiro atoms. The van der Waals surface area contributed by atoms with Crippen LogP contribution < -0.4 is 10.3 Å². The van der Waals surface area contributed by atoms with Gasteiger partial charge < -0.3 is 9.72 Å². The van der Waals surface area contributed by atoms with Crippen molar-refractivity contribution in [2.75, 3.05) is 7.11 Å². The van der Waals surface area contributed by atoms with E-state index < -0.39 is 0 Å². The summed E-state index contributed by atoms with van der Waals surface area (Å²) in [6.45, 7) is 1.81. The number of benzene rings is 1. The Morgan fingerprint density at radius 2 is 2.12 bits per heavy atom. The number of aromatic nitrogens is 1. The first-order valence-corrected chi connectivity index (χ1v) is 5.40. The van der Waals surface area contributed by atoms with Gasteiger partial charge in [-0.2, -0.15) is 0 Å². The molecule has 1 heterocycles. The average Bonchev–Trinajstić information content (AvgIpc) is 2.36. The van der Waals surface area contributed by atoms with Crippen molar-refractivity contribution in [2.24, 2.45) is 0 Å². The van der Waals surface area contributed by atoms with Crippen molar-refractivity contribution in [3.05, 3.63) is 40.2 Å². The number of carbonyl (C=O) groups excluding carboxylic acids is 1. The second-order valence-electron chi connectivity index (χ2n) is 3.74. The summed E-state index contributed by atoms with van der Waals surface area (Å²) >= 11 is 0. The van der Waals surface area contributed by atoms with Crippen LogP contribution in [-0.2, 0) is 0 Å². The summed E-state index contributed by atoms with van der Waals surface area (Å²) in [6.07, 6.45) is 0.442. The van der Waals surface area contributed by atoms with Crippen LogP contribution in [0.1, 0.15) is 23.7 Å². The number of hydrogen-bond donors (Lipinski definition) is 1. The van der Waals surface area contributed by atoms with Gasteiger partial charge in [0.15, 0.2) is 5.78 Å². The van der Waals surface area contributed by atoms with Crippen molar-refractivity contribution in [3.63, 3.8) is 0 Å². The Morgan fingerprint density at radius 3 is 2.76 bits per heavy atom. The molecule has 0 aliphatic heterocycles. The third-order valence-electron chi connectivity index (χ3n) is 2.66. The maximum Gasteiger partial charge on any atom is 0.248 e. The highest BCUT2D eigenvalue weighted by atomic mass is 16.5. The molecule has 0 saturated carbocycles. The van der Waals surface area contributed by atoms with E-state index in [0.29, 0.717) is 23.3 Å². The molecule has 0 saturated heterocycles. The first-order chi connectivity index (χ1) is 8.15. The molecule has 1 aromatic heterocycles. The predicted octanol–water partition coefficient (Wildman–Crippen LogP) is 2.13. The molecule has 1 N–H and O–H groups in total. The fraction of sp³-hybridized carbons (Fsp3) is 0.231. The van der Waals surface area contributed by atoms with Crippen LogP contribution in [0.4, 0.5) is 0 Å². The molecule has 0 unspecified atom stereocenters. The molecule has 0 aliphatic carbocycles. The molecule has 0 bridgehead atoms. The van der Waals surface area contributed by atoms with Crippen molar-refractivity contribution in [2.45, 2.75) is 13.3 Å². The number of hydrogen-bond acceptors (Lipinski definition) is 3. The van der Waals surface area contributed by atoms with E-state index in [1.165, 1.54) is 13.2 Å². The number of nitrogens with one attached hydrogen (secondary N) is 1. The van der Waals surface area contributed by atoms with Crippen LogP contribution in [-0.4, -0.2) is 17.9 Å². The zero-order valence-electron chi connectivity index (χ0n) is 9.74. The third-order valence-corrected chi connectivity index (χ3v) is 2.66. The summed E-state index contributed by atoms with van der Waals surface area (Å²) in [5, 5.41) is 0.792. The Bertz CT molecular complexity index is 628. The van der Waals surface area contributed by atoms with Gasteiger partial charge in [-0.3, -0.25) is 9.59 Å². The Hall–Kier alpha value is -2.10. The number of carbonyl (C=O) groups is 1. The number of rotatable bonds is 3. The van der Waals surface area contributed by atoms with Crippen molar-refractivity contribution in [1.29, 1.82) is 0 Å². The Labute approximate surface area is 98.2 Å². The zero-order valence-corrected chi connectivity index (χ0v) is 9.74. The van der Waals surface area contributed by atoms with E-state index in [2.05, 4.69) is 4.98 Å². The van der Waals surface area contributed by atoms with Gasteiger partial charge in [0.25, 0.3) is 0 Å². The quantitative estimate of drug-likeness (QED) is 0.823. The summed E-state index contributed by atoms with van der Waals surface area (Å²) in [6, 6.07) is 6.54. The predicted molar refractivity (Wildman–Crippen MR) is 65.7 cm³/mol. The van der Waals surface area contributed by atoms with Gasteiger partial charge in [0.1, 0.15) is 5.75 Å². The highest BCUT2D eigenvalue weighted by molar-refractivity contribution is 6.00. The molecule has 1 aromatic carbocycles. The van der Waals surface area contributed by atoms with Crippen LogP contribution in [0.3, 0.4) is 0 Å². The number of ketones is 1. The largest absolute Gasteiger partial charge is 0.495 e. The average molecular weight is 231 g/mol. The molecule has 4 heteroatoms. The van der Waals surface area contributed by atoms with Gasteiger partial charge in [-0.25, -0.2) is 0 Å². The number of ether oxygens (including phenoxy) is 1. The van der Waals surface area contributed by atoms with E-state index in [1.807, 2.05) is 6.92 Å². The fourth-order valence-corrected chi connectivity index (χ4v) is 1.76. The second kappa shape index (κ2) is 4.41. The molecule has 0 radical (unpaired) electrons. The van der Waals surface area contributed by atoms with Crippen LogP contribution in [0.2, 0.25) is 0 Å². The monoisotopic (exact) mass is 231 g/mol. The maximum atomic E-state index is 11.7. The number of H-pyrrole nitrogens is 1. The van der Waals surface area contributed by atoms with Crippen LogP contribution in [0, 0.1) is 0 Å². The Morgan fingerprint density at radius 1 is 1.35 bits per heavy atom. The van der Waals surface area contributed by atoms with Crippen LogP contribution in [0.15, 0.2) is 29.1 Å². The molecule has 17 heavy (non-hydrogen) atoms. The molecule has 0 atom stereocenters. The minimum Gasteiger partial charge on any atom is -0.495 e. The highest BCUT2D eigenvalue weighted by Crippen LogP contribution is 2.25. The topological polar surface area (TPSA) is 59.2 Å². The molecule has 2 aromatic rings. The van der Waals surface area contributed by atoms with E-state index in [1.54, 1.807) is 18.2 Å². The van der Waals surface area contributed by atoms with Gasteiger partial charge in [-0.05, 0) is 18.2 Å². The summed E-state index contributed by atoms with van der Waals surface area (Å²) < 4.78 is 5.20. The molecule has 2 rings (SSSR count). The van der Waals surface area contributed by atoms with E-state index >= 15 is 0 Å². The van der Waals surface area contributed by atoms with Crippen LogP contribution >= 0.6 is 0 Å². The Kier molecular flexibility index (Phi) is 2.95. The number of Topliss-reactive ketones (excluding diaryl/α,β-unsaturated/α-hetero) is 1. The second-order valence-corrected chi connectivity index (χ2v) is 3.74. The normalized spacial score (nSPS) is 10.5. The van der Waals surface area contributed by atoms with E-state index in [-0.39, 0.29) is 11.3 Å². The fourth-order valence-electron chi connectivity index (χ4n) is 1.76. The lowest BCUT2D eigenvalue weighted by atomic mass is 10.1. The molecular formula is C13H13NO3. The van der Waals surface area contributed by atoms with Crippen LogP contribution in [0.5, 0.6) is 5.75 Å². The number of pyridine rings is 1. The lowest BCUT2D eigenvalue weighted by Crippen LogP contribution is -2.05. The van der Waals surface area contributed by atoms with Crippen molar-refractivity contribution in [1.82, 2.24) is 4.98 Å². The van der Waals surface area contributed by atoms with Gasteiger partial charge in [0.05, 0.1) is 12.6 Å². The molecule has 4 nitrogen and oxygen atoms in total. The third kappa shape index (κ3) is 2.06. The van der Waals surface area contributed by atoms with Gasteiger partial charge in [-0.15, -0.1) is 0 Å².